The van der Waals surface area contributed by atoms with Gasteiger partial charge in [-0.05, 0) is 109 Å². The number of carboxylic acids is 2. The number of tetrazole rings is 1. The van der Waals surface area contributed by atoms with Gasteiger partial charge in [-0.25, -0.2) is 9.59 Å². The Hall–Kier alpha value is -5.61. The molecule has 0 spiro atoms. The van der Waals surface area contributed by atoms with E-state index in [0.717, 1.165) is 37.9 Å². The highest BCUT2D eigenvalue weighted by Gasteiger charge is 2.45. The quantitative estimate of drug-likeness (QED) is 0.173. The lowest BCUT2D eigenvalue weighted by Crippen LogP contribution is -2.56. The molecule has 4 aromatic rings. The fraction of sp³-hybridized carbons (Fsp3) is 0.306. The number of aromatic carboxylic acids is 1. The van der Waals surface area contributed by atoms with Gasteiger partial charge < -0.3 is 25.7 Å². The van der Waals surface area contributed by atoms with Crippen LogP contribution in [0.1, 0.15) is 46.7 Å². The number of benzene rings is 3. The molecule has 0 bridgehead atoms. The number of halogens is 4. The van der Waals surface area contributed by atoms with Gasteiger partial charge in [-0.2, -0.15) is 17.9 Å². The largest absolute Gasteiger partial charge is 0.490 e. The molecule has 0 aliphatic carbocycles. The summed E-state index contributed by atoms with van der Waals surface area (Å²) < 4.78 is 33.2. The highest BCUT2D eigenvalue weighted by Crippen LogP contribution is 2.41. The van der Waals surface area contributed by atoms with Gasteiger partial charge in [0.2, 0.25) is 11.8 Å². The lowest BCUT2D eigenvalue weighted by molar-refractivity contribution is -0.192. The number of likely N-dealkylation sites (tertiary alicyclic amines) is 1. The smallest absolute Gasteiger partial charge is 0.478 e. The Labute approximate surface area is 306 Å². The number of nitrogens with zero attached hydrogens (tertiary/aromatic N) is 5. The lowest BCUT2D eigenvalue weighted by atomic mass is 9.71. The fourth-order valence-electron chi connectivity index (χ4n) is 6.65. The molecule has 53 heavy (non-hydrogen) atoms. The summed E-state index contributed by atoms with van der Waals surface area (Å²) in [5.41, 5.74) is 2.84. The third kappa shape index (κ3) is 10.0. The van der Waals surface area contributed by atoms with Crippen LogP contribution in [0.4, 0.5) is 18.9 Å². The van der Waals surface area contributed by atoms with Crippen LogP contribution in [0.15, 0.2) is 85.2 Å². The molecule has 2 saturated heterocycles. The molecule has 3 heterocycles. The molecule has 0 unspecified atom stereocenters. The topological polar surface area (TPSA) is 180 Å². The normalized spacial score (nSPS) is 19.2. The summed E-state index contributed by atoms with van der Waals surface area (Å²) >= 11 is 6.32. The van der Waals surface area contributed by atoms with Crippen molar-refractivity contribution >= 4 is 47.1 Å². The minimum Gasteiger partial charge on any atom is -0.478 e. The van der Waals surface area contributed by atoms with Crippen molar-refractivity contribution < 1.29 is 42.6 Å². The number of anilines is 1. The van der Waals surface area contributed by atoms with E-state index in [-0.39, 0.29) is 29.2 Å². The van der Waals surface area contributed by atoms with Gasteiger partial charge in [0.15, 0.2) is 0 Å². The Morgan fingerprint density at radius 2 is 1.62 bits per heavy atom. The van der Waals surface area contributed by atoms with Crippen molar-refractivity contribution in [2.75, 3.05) is 25.0 Å². The molecule has 2 fully saturated rings. The zero-order valence-corrected chi connectivity index (χ0v) is 28.7. The highest BCUT2D eigenvalue weighted by atomic mass is 35.5. The minimum atomic E-state index is -5.08. The standard InChI is InChI=1S/C34H34ClN7O4.C2HF3O2/c35-27-9-12-30(42-21-37-39-40-42)25(18-27)8-13-31(43)41-20-26(22-14-16-36-17-15-22)19-29(23-4-2-1-3-5-23)32(41)33(44)38-28-10-6-24(7-11-28)34(45)46;3-2(4,5)1(6)7/h1-13,18,21-22,26,29,32,36H,14-17,19-20H2,(H,38,44)(H,45,46);(H,6,7)/b13-8+;/t26-,29-,32-;/m0./s1. The van der Waals surface area contributed by atoms with Crippen LogP contribution in [-0.2, 0) is 14.4 Å². The molecule has 1 aromatic heterocycles. The van der Waals surface area contributed by atoms with Gasteiger partial charge in [-0.1, -0.05) is 41.9 Å². The molecular weight excluding hydrogens is 719 g/mol. The lowest BCUT2D eigenvalue weighted by Gasteiger charge is -2.46. The second-order valence-electron chi connectivity index (χ2n) is 12.5. The molecule has 278 valence electrons. The van der Waals surface area contributed by atoms with Crippen LogP contribution in [-0.4, -0.2) is 90.9 Å². The maximum atomic E-state index is 14.2. The first-order chi connectivity index (χ1) is 25.3. The first-order valence-electron chi connectivity index (χ1n) is 16.5. The predicted octanol–water partition coefficient (Wildman–Crippen LogP) is 5.30. The first kappa shape index (κ1) is 38.6. The van der Waals surface area contributed by atoms with Gasteiger partial charge in [-0.15, -0.1) is 5.10 Å². The number of rotatable bonds is 8. The van der Waals surface area contributed by atoms with Crippen molar-refractivity contribution in [3.63, 3.8) is 0 Å². The Morgan fingerprint density at radius 3 is 2.23 bits per heavy atom. The summed E-state index contributed by atoms with van der Waals surface area (Å²) in [6.45, 7) is 2.29. The summed E-state index contributed by atoms with van der Waals surface area (Å²) in [5, 5.41) is 34.7. The maximum absolute atomic E-state index is 14.2. The summed E-state index contributed by atoms with van der Waals surface area (Å²) in [7, 11) is 0. The van der Waals surface area contributed by atoms with Crippen LogP contribution in [0.2, 0.25) is 5.02 Å². The number of hydrogen-bond donors (Lipinski definition) is 4. The third-order valence-electron chi connectivity index (χ3n) is 9.17. The van der Waals surface area contributed by atoms with E-state index in [9.17, 15) is 32.7 Å². The van der Waals surface area contributed by atoms with Gasteiger partial charge in [-0.3, -0.25) is 9.59 Å². The molecule has 13 nitrogen and oxygen atoms in total. The number of piperidine rings is 2. The summed E-state index contributed by atoms with van der Waals surface area (Å²) in [6, 6.07) is 20.3. The number of hydrogen-bond acceptors (Lipinski definition) is 8. The van der Waals surface area contributed by atoms with E-state index in [1.807, 2.05) is 30.3 Å². The number of carboxylic acid groups (broad SMARTS) is 2. The summed E-state index contributed by atoms with van der Waals surface area (Å²) in [5.74, 6) is -4.08. The fourth-order valence-corrected chi connectivity index (χ4v) is 6.83. The van der Waals surface area contributed by atoms with Crippen LogP contribution >= 0.6 is 11.6 Å². The first-order valence-corrected chi connectivity index (χ1v) is 16.9. The number of aliphatic carboxylic acids is 1. The molecule has 17 heteroatoms. The zero-order chi connectivity index (χ0) is 38.1. The van der Waals surface area contributed by atoms with Crippen molar-refractivity contribution in [1.82, 2.24) is 30.4 Å². The number of carbonyl (C=O) groups is 4. The maximum Gasteiger partial charge on any atom is 0.490 e. The average molecular weight is 754 g/mol. The van der Waals surface area contributed by atoms with Crippen LogP contribution < -0.4 is 10.6 Å². The monoisotopic (exact) mass is 753 g/mol. The SMILES string of the molecule is O=C(O)C(F)(F)F.O=C(O)c1ccc(NC(=O)[C@@H]2[C@H](c3ccccc3)C[C@H](C3CCNCC3)CN2C(=O)/C=C/c2cc(Cl)ccc2-n2cnnn2)cc1. The summed E-state index contributed by atoms with van der Waals surface area (Å²) in [6.07, 6.45) is 2.31. The number of amides is 2. The van der Waals surface area contributed by atoms with E-state index in [1.54, 1.807) is 41.3 Å². The molecule has 2 aliphatic heterocycles. The van der Waals surface area contributed by atoms with Crippen molar-refractivity contribution in [3.05, 3.63) is 107 Å². The van der Waals surface area contributed by atoms with Gasteiger partial charge >= 0.3 is 18.1 Å². The Kier molecular flexibility index (Phi) is 12.6. The highest BCUT2D eigenvalue weighted by molar-refractivity contribution is 6.30. The molecule has 3 atom stereocenters. The van der Waals surface area contributed by atoms with Gasteiger partial charge in [0, 0.05) is 34.8 Å². The van der Waals surface area contributed by atoms with E-state index in [0.29, 0.717) is 34.4 Å². The molecule has 2 aliphatic rings. The molecule has 0 saturated carbocycles. The Bertz CT molecular complexity index is 1920. The number of carbonyl (C=O) groups excluding carboxylic acids is 2. The van der Waals surface area contributed by atoms with E-state index >= 15 is 0 Å². The number of alkyl halides is 3. The van der Waals surface area contributed by atoms with Crippen molar-refractivity contribution in [3.8, 4) is 5.69 Å². The molecule has 4 N–H and O–H groups in total. The second kappa shape index (κ2) is 17.3. The molecule has 6 rings (SSSR count). The molecule has 0 radical (unpaired) electrons. The minimum absolute atomic E-state index is 0.117. The van der Waals surface area contributed by atoms with Crippen molar-refractivity contribution in [2.24, 2.45) is 11.8 Å². The molecule has 3 aromatic carbocycles. The van der Waals surface area contributed by atoms with E-state index in [2.05, 4.69) is 26.2 Å². The Balaban J connectivity index is 0.000000705. The zero-order valence-electron chi connectivity index (χ0n) is 28.0. The van der Waals surface area contributed by atoms with Gasteiger partial charge in [0.25, 0.3) is 0 Å². The van der Waals surface area contributed by atoms with Crippen LogP contribution in [0.3, 0.4) is 0 Å². The summed E-state index contributed by atoms with van der Waals surface area (Å²) in [4.78, 5) is 50.4. The van der Waals surface area contributed by atoms with Gasteiger partial charge in [0.1, 0.15) is 12.4 Å². The van der Waals surface area contributed by atoms with E-state index in [4.69, 9.17) is 21.5 Å². The van der Waals surface area contributed by atoms with Crippen LogP contribution in [0.5, 0.6) is 0 Å². The van der Waals surface area contributed by atoms with Crippen molar-refractivity contribution in [1.29, 1.82) is 0 Å². The van der Waals surface area contributed by atoms with Crippen LogP contribution in [0, 0.1) is 11.8 Å². The predicted molar refractivity (Wildman–Crippen MR) is 187 cm³/mol. The Morgan fingerprint density at radius 1 is 0.943 bits per heavy atom. The van der Waals surface area contributed by atoms with E-state index < -0.39 is 24.2 Å². The third-order valence-corrected chi connectivity index (χ3v) is 9.40. The average Bonchev–Trinajstić information content (AvgIpc) is 3.69. The second-order valence-corrected chi connectivity index (χ2v) is 12.9. The van der Waals surface area contributed by atoms with Gasteiger partial charge in [0.05, 0.1) is 11.3 Å². The molecule has 2 amide bonds. The molecular formula is C36H35ClF3N7O6. The number of nitrogens with one attached hydrogen (secondary N) is 2. The van der Waals surface area contributed by atoms with E-state index in [1.165, 1.54) is 29.2 Å². The van der Waals surface area contributed by atoms with Crippen LogP contribution in [0.25, 0.3) is 11.8 Å². The number of aromatic nitrogens is 4. The van der Waals surface area contributed by atoms with Crippen molar-refractivity contribution in [2.45, 2.75) is 37.4 Å².